The molecule has 1 saturated heterocycles. The fourth-order valence-corrected chi connectivity index (χ4v) is 6.48. The molecule has 0 bridgehead atoms. The summed E-state index contributed by atoms with van der Waals surface area (Å²) in [5, 5.41) is 4.90. The number of halogens is 3. The summed E-state index contributed by atoms with van der Waals surface area (Å²) in [7, 11) is -3.80. The molecule has 2 unspecified atom stereocenters. The molecule has 0 radical (unpaired) electrons. The van der Waals surface area contributed by atoms with Gasteiger partial charge in [0, 0.05) is 39.1 Å². The van der Waals surface area contributed by atoms with Crippen molar-refractivity contribution in [3.63, 3.8) is 0 Å². The SMILES string of the molecule is Nc1cccc2c(S(=O)(=O)NCC3CC(c4ccc(Cl)cc4)N(c4ccc(Cl)cc4Cl)N3)cccc12. The number of nitrogens with two attached hydrogens (primary N) is 1. The standard InChI is InChI=1S/C26H23Cl3N4O2S/c27-17-9-7-16(8-10-17)25-14-19(32-33(25)24-12-11-18(28)13-22(24)29)15-31-36(34,35)26-6-2-3-20-21(26)4-1-5-23(20)30/h1-13,19,25,31-32H,14-15,30H2. The van der Waals surface area contributed by atoms with Gasteiger partial charge in [0.05, 0.1) is 21.6 Å². The highest BCUT2D eigenvalue weighted by Crippen LogP contribution is 2.39. The van der Waals surface area contributed by atoms with Crippen molar-refractivity contribution in [1.29, 1.82) is 0 Å². The van der Waals surface area contributed by atoms with Crippen LogP contribution in [-0.4, -0.2) is 21.0 Å². The summed E-state index contributed by atoms with van der Waals surface area (Å²) in [6, 6.07) is 22.9. The fourth-order valence-electron chi connectivity index (χ4n) is 4.56. The molecule has 1 heterocycles. The van der Waals surface area contributed by atoms with Gasteiger partial charge in [0.25, 0.3) is 0 Å². The zero-order valence-corrected chi connectivity index (χ0v) is 22.0. The molecule has 4 N–H and O–H groups in total. The Hall–Kier alpha value is -2.52. The first-order valence-electron chi connectivity index (χ1n) is 11.3. The van der Waals surface area contributed by atoms with E-state index in [1.807, 2.05) is 41.4 Å². The third kappa shape index (κ3) is 5.00. The summed E-state index contributed by atoms with van der Waals surface area (Å²) in [4.78, 5) is 0.192. The van der Waals surface area contributed by atoms with Crippen LogP contribution in [-0.2, 0) is 10.0 Å². The van der Waals surface area contributed by atoms with Gasteiger partial charge in [-0.1, -0.05) is 71.2 Å². The average Bonchev–Trinajstić information content (AvgIpc) is 3.27. The van der Waals surface area contributed by atoms with Crippen molar-refractivity contribution in [2.75, 3.05) is 17.3 Å². The van der Waals surface area contributed by atoms with Crippen molar-refractivity contribution in [3.05, 3.63) is 99.5 Å². The van der Waals surface area contributed by atoms with Crippen LogP contribution in [0.4, 0.5) is 11.4 Å². The van der Waals surface area contributed by atoms with E-state index in [0.717, 1.165) is 11.3 Å². The number of hydrogen-bond donors (Lipinski definition) is 3. The van der Waals surface area contributed by atoms with E-state index in [1.54, 1.807) is 42.5 Å². The predicted molar refractivity (Wildman–Crippen MR) is 148 cm³/mol. The first kappa shape index (κ1) is 25.1. The molecule has 4 aromatic carbocycles. The molecule has 0 spiro atoms. The summed E-state index contributed by atoms with van der Waals surface area (Å²) >= 11 is 18.7. The van der Waals surface area contributed by atoms with Gasteiger partial charge in [0.2, 0.25) is 10.0 Å². The molecule has 6 nitrogen and oxygen atoms in total. The van der Waals surface area contributed by atoms with Crippen LogP contribution in [0.5, 0.6) is 0 Å². The van der Waals surface area contributed by atoms with Gasteiger partial charge in [0.1, 0.15) is 0 Å². The molecule has 0 amide bonds. The Balaban J connectivity index is 1.41. The summed E-state index contributed by atoms with van der Waals surface area (Å²) in [6.45, 7) is 0.173. The second kappa shape index (κ2) is 10.1. The van der Waals surface area contributed by atoms with Crippen LogP contribution in [0.1, 0.15) is 18.0 Å². The Kier molecular flexibility index (Phi) is 7.05. The molecule has 0 aromatic heterocycles. The van der Waals surface area contributed by atoms with E-state index in [4.69, 9.17) is 40.5 Å². The van der Waals surface area contributed by atoms with E-state index in [2.05, 4.69) is 10.1 Å². The van der Waals surface area contributed by atoms with Crippen molar-refractivity contribution >= 4 is 67.0 Å². The van der Waals surface area contributed by atoms with Crippen LogP contribution in [0.15, 0.2) is 83.8 Å². The number of benzene rings is 4. The van der Waals surface area contributed by atoms with Gasteiger partial charge in [-0.15, -0.1) is 0 Å². The highest BCUT2D eigenvalue weighted by atomic mass is 35.5. The van der Waals surface area contributed by atoms with E-state index < -0.39 is 10.0 Å². The van der Waals surface area contributed by atoms with Crippen molar-refractivity contribution in [3.8, 4) is 0 Å². The first-order valence-corrected chi connectivity index (χ1v) is 13.9. The average molecular weight is 562 g/mol. The van der Waals surface area contributed by atoms with Gasteiger partial charge >= 0.3 is 0 Å². The topological polar surface area (TPSA) is 87.5 Å². The summed E-state index contributed by atoms with van der Waals surface area (Å²) < 4.78 is 29.4. The summed E-state index contributed by atoms with van der Waals surface area (Å²) in [6.07, 6.45) is 0.631. The molecular formula is C26H23Cl3N4O2S. The molecule has 0 saturated carbocycles. The number of fused-ring (bicyclic) bond motifs is 1. The molecule has 36 heavy (non-hydrogen) atoms. The van der Waals surface area contributed by atoms with Crippen molar-refractivity contribution in [2.24, 2.45) is 0 Å². The minimum atomic E-state index is -3.80. The lowest BCUT2D eigenvalue weighted by molar-refractivity contribution is 0.547. The van der Waals surface area contributed by atoms with Crippen LogP contribution in [0, 0.1) is 0 Å². The molecule has 1 aliphatic heterocycles. The zero-order valence-electron chi connectivity index (χ0n) is 19.0. The number of sulfonamides is 1. The lowest BCUT2D eigenvalue weighted by Gasteiger charge is -2.28. The fraction of sp³-hybridized carbons (Fsp3) is 0.154. The maximum Gasteiger partial charge on any atom is 0.241 e. The highest BCUT2D eigenvalue weighted by molar-refractivity contribution is 7.89. The van der Waals surface area contributed by atoms with E-state index >= 15 is 0 Å². The van der Waals surface area contributed by atoms with E-state index in [1.165, 1.54) is 0 Å². The Morgan fingerprint density at radius 2 is 1.61 bits per heavy atom. The number of rotatable bonds is 6. The smallest absolute Gasteiger partial charge is 0.241 e. The van der Waals surface area contributed by atoms with E-state index in [9.17, 15) is 8.42 Å². The number of hydrogen-bond acceptors (Lipinski definition) is 5. The Morgan fingerprint density at radius 3 is 2.36 bits per heavy atom. The largest absolute Gasteiger partial charge is 0.398 e. The molecule has 0 aliphatic carbocycles. The molecule has 5 rings (SSSR count). The minimum Gasteiger partial charge on any atom is -0.398 e. The minimum absolute atomic E-state index is 0.104. The second-order valence-corrected chi connectivity index (χ2v) is 11.7. The number of nitrogens with zero attached hydrogens (tertiary/aromatic N) is 1. The van der Waals surface area contributed by atoms with E-state index in [-0.39, 0.29) is 23.5 Å². The normalized spacial score (nSPS) is 18.1. The molecule has 1 aliphatic rings. The molecule has 2 atom stereocenters. The molecule has 10 heteroatoms. The summed E-state index contributed by atoms with van der Waals surface area (Å²) in [5.74, 6) is 0. The first-order chi connectivity index (χ1) is 17.2. The van der Waals surface area contributed by atoms with Gasteiger partial charge < -0.3 is 5.73 Å². The van der Waals surface area contributed by atoms with Crippen LogP contribution >= 0.6 is 34.8 Å². The molecule has 186 valence electrons. The monoisotopic (exact) mass is 560 g/mol. The van der Waals surface area contributed by atoms with Crippen molar-refractivity contribution in [2.45, 2.75) is 23.4 Å². The second-order valence-electron chi connectivity index (χ2n) is 8.65. The van der Waals surface area contributed by atoms with Crippen LogP contribution < -0.4 is 20.9 Å². The third-order valence-electron chi connectivity index (χ3n) is 6.29. The maximum atomic E-state index is 13.3. The van der Waals surface area contributed by atoms with Crippen LogP contribution in [0.2, 0.25) is 15.1 Å². The Morgan fingerprint density at radius 1 is 0.917 bits per heavy atom. The Labute approximate surface area is 225 Å². The van der Waals surface area contributed by atoms with Gasteiger partial charge in [-0.2, -0.15) is 0 Å². The third-order valence-corrected chi connectivity index (χ3v) is 8.56. The molecule has 4 aromatic rings. The van der Waals surface area contributed by atoms with Crippen molar-refractivity contribution in [1.82, 2.24) is 10.1 Å². The highest BCUT2D eigenvalue weighted by Gasteiger charge is 2.35. The van der Waals surface area contributed by atoms with Gasteiger partial charge in [-0.25, -0.2) is 18.6 Å². The Bertz CT molecular complexity index is 1530. The van der Waals surface area contributed by atoms with Crippen LogP contribution in [0.3, 0.4) is 0 Å². The quantitative estimate of drug-likeness (QED) is 0.245. The van der Waals surface area contributed by atoms with Crippen molar-refractivity contribution < 1.29 is 8.42 Å². The van der Waals surface area contributed by atoms with Gasteiger partial charge in [-0.3, -0.25) is 5.01 Å². The molecular weight excluding hydrogens is 539 g/mol. The number of hydrazine groups is 1. The molecule has 1 fully saturated rings. The lowest BCUT2D eigenvalue weighted by Crippen LogP contribution is -2.42. The number of anilines is 2. The van der Waals surface area contributed by atoms with Gasteiger partial charge in [0.15, 0.2) is 0 Å². The number of nitrogen functional groups attached to an aromatic ring is 1. The summed E-state index contributed by atoms with van der Waals surface area (Å²) in [5.41, 5.74) is 11.8. The van der Waals surface area contributed by atoms with E-state index in [0.29, 0.717) is 37.9 Å². The lowest BCUT2D eigenvalue weighted by atomic mass is 10.0. The van der Waals surface area contributed by atoms with Crippen LogP contribution in [0.25, 0.3) is 10.8 Å². The van der Waals surface area contributed by atoms with Gasteiger partial charge in [-0.05, 0) is 54.4 Å². The predicted octanol–water partition coefficient (Wildman–Crippen LogP) is 6.19. The zero-order chi connectivity index (χ0) is 25.4. The maximum absolute atomic E-state index is 13.3. The number of nitrogens with one attached hydrogen (secondary N) is 2.